The van der Waals surface area contributed by atoms with Crippen LogP contribution in [0.4, 0.5) is 5.82 Å². The van der Waals surface area contributed by atoms with Crippen LogP contribution in [0.2, 0.25) is 0 Å². The van der Waals surface area contributed by atoms with Crippen molar-refractivity contribution in [2.45, 2.75) is 39.2 Å². The van der Waals surface area contributed by atoms with E-state index in [1.165, 1.54) is 12.8 Å². The Bertz CT molecular complexity index is 432. The van der Waals surface area contributed by atoms with Gasteiger partial charge in [0, 0.05) is 7.11 Å². The standard InChI is InChI=1S/C13H20IN3O/c1-7(2)6-9-10(14)12(15)17-13(16-9)11(18-3)8-4-5-8/h7-8,11H,4-6H2,1-3H3,(H2,15,16,17). The van der Waals surface area contributed by atoms with Gasteiger partial charge in [0.05, 0.1) is 9.26 Å². The number of aromatic nitrogens is 2. The van der Waals surface area contributed by atoms with Crippen molar-refractivity contribution < 1.29 is 4.74 Å². The van der Waals surface area contributed by atoms with Crippen LogP contribution in [0.5, 0.6) is 0 Å². The van der Waals surface area contributed by atoms with E-state index in [1.54, 1.807) is 7.11 Å². The fourth-order valence-corrected chi connectivity index (χ4v) is 2.55. The number of nitrogen functional groups attached to an aromatic ring is 1. The maximum absolute atomic E-state index is 6.00. The molecule has 0 spiro atoms. The van der Waals surface area contributed by atoms with E-state index < -0.39 is 0 Å². The zero-order valence-corrected chi connectivity index (χ0v) is 13.3. The highest BCUT2D eigenvalue weighted by atomic mass is 127. The second-order valence-corrected chi connectivity index (χ2v) is 6.40. The molecule has 0 bridgehead atoms. The van der Waals surface area contributed by atoms with Crippen molar-refractivity contribution in [1.82, 2.24) is 9.97 Å². The zero-order valence-electron chi connectivity index (χ0n) is 11.1. The SMILES string of the molecule is COC(c1nc(N)c(I)c(CC(C)C)n1)C1CC1. The highest BCUT2D eigenvalue weighted by Gasteiger charge is 2.35. The quantitative estimate of drug-likeness (QED) is 0.820. The van der Waals surface area contributed by atoms with Gasteiger partial charge in [0.1, 0.15) is 11.9 Å². The minimum Gasteiger partial charge on any atom is -0.383 e. The molecule has 0 saturated heterocycles. The summed E-state index contributed by atoms with van der Waals surface area (Å²) in [6, 6.07) is 0. The van der Waals surface area contributed by atoms with Crippen molar-refractivity contribution in [3.63, 3.8) is 0 Å². The molecule has 0 aliphatic heterocycles. The van der Waals surface area contributed by atoms with Crippen LogP contribution in [0.15, 0.2) is 0 Å². The maximum Gasteiger partial charge on any atom is 0.160 e. The number of ether oxygens (including phenoxy) is 1. The van der Waals surface area contributed by atoms with E-state index >= 15 is 0 Å². The van der Waals surface area contributed by atoms with Gasteiger partial charge in [-0.15, -0.1) is 0 Å². The Balaban J connectivity index is 2.33. The lowest BCUT2D eigenvalue weighted by Gasteiger charge is -2.16. The van der Waals surface area contributed by atoms with Gasteiger partial charge in [0.25, 0.3) is 0 Å². The molecule has 0 amide bonds. The Hall–Kier alpha value is -0.430. The van der Waals surface area contributed by atoms with Gasteiger partial charge >= 0.3 is 0 Å². The maximum atomic E-state index is 6.00. The van der Waals surface area contributed by atoms with Crippen molar-refractivity contribution in [1.29, 1.82) is 0 Å². The van der Waals surface area contributed by atoms with Gasteiger partial charge in [-0.3, -0.25) is 0 Å². The number of halogens is 1. The monoisotopic (exact) mass is 361 g/mol. The predicted molar refractivity (Wildman–Crippen MR) is 80.2 cm³/mol. The number of rotatable bonds is 5. The molecule has 100 valence electrons. The van der Waals surface area contributed by atoms with E-state index in [0.29, 0.717) is 17.7 Å². The van der Waals surface area contributed by atoms with E-state index in [1.807, 2.05) is 0 Å². The Morgan fingerprint density at radius 1 is 1.39 bits per heavy atom. The molecule has 2 rings (SSSR count). The lowest BCUT2D eigenvalue weighted by atomic mass is 10.1. The van der Waals surface area contributed by atoms with E-state index in [9.17, 15) is 0 Å². The number of hydrogen-bond donors (Lipinski definition) is 1. The fourth-order valence-electron chi connectivity index (χ4n) is 2.09. The summed E-state index contributed by atoms with van der Waals surface area (Å²) in [5.74, 6) is 2.47. The highest BCUT2D eigenvalue weighted by molar-refractivity contribution is 14.1. The van der Waals surface area contributed by atoms with Crippen LogP contribution >= 0.6 is 22.6 Å². The zero-order chi connectivity index (χ0) is 13.3. The largest absolute Gasteiger partial charge is 0.383 e. The summed E-state index contributed by atoms with van der Waals surface area (Å²) in [6.45, 7) is 4.37. The van der Waals surface area contributed by atoms with Gasteiger partial charge in [-0.25, -0.2) is 9.97 Å². The molecule has 2 N–H and O–H groups in total. The molecule has 1 unspecified atom stereocenters. The second kappa shape index (κ2) is 5.69. The average Bonchev–Trinajstić information content (AvgIpc) is 3.10. The summed E-state index contributed by atoms with van der Waals surface area (Å²) >= 11 is 2.23. The first-order chi connectivity index (χ1) is 8.52. The normalized spacial score (nSPS) is 17.2. The van der Waals surface area contributed by atoms with Gasteiger partial charge in [0.15, 0.2) is 5.82 Å². The first-order valence-corrected chi connectivity index (χ1v) is 7.45. The molecular weight excluding hydrogens is 341 g/mol. The summed E-state index contributed by atoms with van der Waals surface area (Å²) in [5, 5.41) is 0. The van der Waals surface area contributed by atoms with Crippen molar-refractivity contribution in [2.75, 3.05) is 12.8 Å². The van der Waals surface area contributed by atoms with Crippen molar-refractivity contribution >= 4 is 28.4 Å². The number of hydrogen-bond acceptors (Lipinski definition) is 4. The van der Waals surface area contributed by atoms with Crippen molar-refractivity contribution in [2.24, 2.45) is 11.8 Å². The lowest BCUT2D eigenvalue weighted by Crippen LogP contribution is -2.14. The van der Waals surface area contributed by atoms with Crippen LogP contribution in [-0.2, 0) is 11.2 Å². The van der Waals surface area contributed by atoms with Gasteiger partial charge in [0.2, 0.25) is 0 Å². The van der Waals surface area contributed by atoms with Crippen molar-refractivity contribution in [3.8, 4) is 0 Å². The molecule has 0 aromatic carbocycles. The molecule has 18 heavy (non-hydrogen) atoms. The number of anilines is 1. The van der Waals surface area contributed by atoms with Gasteiger partial charge in [-0.1, -0.05) is 13.8 Å². The van der Waals surface area contributed by atoms with Crippen LogP contribution < -0.4 is 5.73 Å². The summed E-state index contributed by atoms with van der Waals surface area (Å²) in [4.78, 5) is 9.09. The molecule has 1 fully saturated rings. The van der Waals surface area contributed by atoms with Gasteiger partial charge < -0.3 is 10.5 Å². The minimum absolute atomic E-state index is 0.00946. The van der Waals surface area contributed by atoms with E-state index in [2.05, 4.69) is 46.4 Å². The fraction of sp³-hybridized carbons (Fsp3) is 0.692. The molecule has 1 aromatic rings. The molecule has 5 heteroatoms. The van der Waals surface area contributed by atoms with E-state index in [0.717, 1.165) is 21.5 Å². The van der Waals surface area contributed by atoms with E-state index in [-0.39, 0.29) is 6.10 Å². The third-order valence-corrected chi connectivity index (χ3v) is 4.30. The molecule has 0 radical (unpaired) electrons. The summed E-state index contributed by atoms with van der Waals surface area (Å²) < 4.78 is 6.51. The Kier molecular flexibility index (Phi) is 4.42. The molecule has 1 aliphatic carbocycles. The smallest absolute Gasteiger partial charge is 0.160 e. The first-order valence-electron chi connectivity index (χ1n) is 6.37. The molecule has 1 heterocycles. The lowest BCUT2D eigenvalue weighted by molar-refractivity contribution is 0.0770. The molecule has 1 aliphatic rings. The topological polar surface area (TPSA) is 61.0 Å². The minimum atomic E-state index is 0.00946. The van der Waals surface area contributed by atoms with Crippen LogP contribution in [0, 0.1) is 15.4 Å². The number of nitrogens with zero attached hydrogens (tertiary/aromatic N) is 2. The Morgan fingerprint density at radius 3 is 2.56 bits per heavy atom. The Morgan fingerprint density at radius 2 is 2.06 bits per heavy atom. The third kappa shape index (κ3) is 3.12. The number of methoxy groups -OCH3 is 1. The summed E-state index contributed by atoms with van der Waals surface area (Å²) in [6.07, 6.45) is 3.34. The van der Waals surface area contributed by atoms with E-state index in [4.69, 9.17) is 10.5 Å². The van der Waals surface area contributed by atoms with Gasteiger partial charge in [-0.2, -0.15) is 0 Å². The Labute approximate surface area is 122 Å². The van der Waals surface area contributed by atoms with Gasteiger partial charge in [-0.05, 0) is 53.7 Å². The molecule has 4 nitrogen and oxygen atoms in total. The average molecular weight is 361 g/mol. The van der Waals surface area contributed by atoms with Crippen LogP contribution in [0.3, 0.4) is 0 Å². The van der Waals surface area contributed by atoms with Crippen LogP contribution in [0.25, 0.3) is 0 Å². The van der Waals surface area contributed by atoms with Crippen LogP contribution in [-0.4, -0.2) is 17.1 Å². The molecule has 1 atom stereocenters. The van der Waals surface area contributed by atoms with Crippen LogP contribution in [0.1, 0.15) is 44.3 Å². The molecular formula is C13H20IN3O. The molecule has 1 saturated carbocycles. The first kappa shape index (κ1) is 14.0. The summed E-state index contributed by atoms with van der Waals surface area (Å²) in [7, 11) is 1.72. The van der Waals surface area contributed by atoms with Crippen molar-refractivity contribution in [3.05, 3.63) is 15.1 Å². The number of nitrogens with two attached hydrogens (primary N) is 1. The molecule has 1 aromatic heterocycles. The predicted octanol–water partition coefficient (Wildman–Crippen LogP) is 2.96. The third-order valence-electron chi connectivity index (χ3n) is 3.12. The summed E-state index contributed by atoms with van der Waals surface area (Å²) in [5.41, 5.74) is 7.05. The second-order valence-electron chi connectivity index (χ2n) is 5.32. The highest BCUT2D eigenvalue weighted by Crippen LogP contribution is 2.42.